The summed E-state index contributed by atoms with van der Waals surface area (Å²) in [6.45, 7) is 3.22. The zero-order valence-electron chi connectivity index (χ0n) is 27.6. The number of carbonyl (C=O) groups is 2. The molecule has 1 fully saturated rings. The van der Waals surface area contributed by atoms with E-state index in [0.29, 0.717) is 10.8 Å². The van der Waals surface area contributed by atoms with Crippen molar-refractivity contribution in [3.8, 4) is 5.75 Å². The number of methoxy groups -OCH3 is 1. The SMILES string of the molecule is COc1ccc(C)cc1N(CC(=O)N(Cc1ccc(Cl)cc1)C(Cc1ccccc1)C(=O)NC1CCCC1)S(=O)(=O)c1ccc(C)cc1. The molecular formula is C38H42ClN3O5S. The van der Waals surface area contributed by atoms with E-state index in [-0.39, 0.29) is 35.5 Å². The lowest BCUT2D eigenvalue weighted by Gasteiger charge is -2.34. The number of hydrogen-bond donors (Lipinski definition) is 1. The first-order chi connectivity index (χ1) is 23.0. The maximum atomic E-state index is 14.8. The van der Waals surface area contributed by atoms with E-state index in [4.69, 9.17) is 16.3 Å². The highest BCUT2D eigenvalue weighted by Gasteiger charge is 2.36. The highest BCUT2D eigenvalue weighted by atomic mass is 35.5. The van der Waals surface area contributed by atoms with Gasteiger partial charge in [0.15, 0.2) is 0 Å². The number of ether oxygens (including phenoxy) is 1. The molecule has 0 aromatic heterocycles. The van der Waals surface area contributed by atoms with Crippen molar-refractivity contribution in [2.24, 2.45) is 0 Å². The van der Waals surface area contributed by atoms with E-state index in [9.17, 15) is 18.0 Å². The quantitative estimate of drug-likeness (QED) is 0.166. The zero-order valence-corrected chi connectivity index (χ0v) is 29.1. The summed E-state index contributed by atoms with van der Waals surface area (Å²) in [6, 6.07) is 27.4. The number of sulfonamides is 1. The van der Waals surface area contributed by atoms with Crippen LogP contribution in [0, 0.1) is 13.8 Å². The number of nitrogens with zero attached hydrogens (tertiary/aromatic N) is 2. The zero-order chi connectivity index (χ0) is 34.3. The molecule has 5 rings (SSSR count). The van der Waals surface area contributed by atoms with Crippen molar-refractivity contribution in [1.82, 2.24) is 10.2 Å². The summed E-state index contributed by atoms with van der Waals surface area (Å²) < 4.78 is 35.5. The van der Waals surface area contributed by atoms with Crippen molar-refractivity contribution in [1.29, 1.82) is 0 Å². The Kier molecular flexibility index (Phi) is 11.4. The number of nitrogens with one attached hydrogen (secondary N) is 1. The maximum absolute atomic E-state index is 14.8. The van der Waals surface area contributed by atoms with Gasteiger partial charge in [0, 0.05) is 24.0 Å². The molecule has 0 heterocycles. The second-order valence-electron chi connectivity index (χ2n) is 12.3. The van der Waals surface area contributed by atoms with Crippen LogP contribution in [0.4, 0.5) is 5.69 Å². The Morgan fingerprint density at radius 1 is 0.875 bits per heavy atom. The van der Waals surface area contributed by atoms with Gasteiger partial charge in [-0.15, -0.1) is 0 Å². The molecule has 10 heteroatoms. The molecule has 1 atom stereocenters. The fraction of sp³-hybridized carbons (Fsp3) is 0.316. The van der Waals surface area contributed by atoms with E-state index in [2.05, 4.69) is 5.32 Å². The summed E-state index contributed by atoms with van der Waals surface area (Å²) in [6.07, 6.45) is 4.07. The molecule has 1 N–H and O–H groups in total. The smallest absolute Gasteiger partial charge is 0.264 e. The van der Waals surface area contributed by atoms with Gasteiger partial charge in [0.2, 0.25) is 11.8 Å². The van der Waals surface area contributed by atoms with E-state index in [1.807, 2.05) is 62.4 Å². The molecule has 1 aliphatic carbocycles. The van der Waals surface area contributed by atoms with E-state index in [1.165, 1.54) is 24.1 Å². The molecule has 0 aliphatic heterocycles. The van der Waals surface area contributed by atoms with Crippen molar-refractivity contribution >= 4 is 39.1 Å². The van der Waals surface area contributed by atoms with E-state index in [0.717, 1.165) is 52.2 Å². The van der Waals surface area contributed by atoms with E-state index < -0.39 is 28.5 Å². The van der Waals surface area contributed by atoms with Gasteiger partial charge in [-0.05, 0) is 79.8 Å². The number of anilines is 1. The van der Waals surface area contributed by atoms with E-state index >= 15 is 0 Å². The van der Waals surface area contributed by atoms with Gasteiger partial charge >= 0.3 is 0 Å². The van der Waals surface area contributed by atoms with Crippen molar-refractivity contribution in [3.05, 3.63) is 124 Å². The molecule has 48 heavy (non-hydrogen) atoms. The highest BCUT2D eigenvalue weighted by Crippen LogP contribution is 2.34. The van der Waals surface area contributed by atoms with Gasteiger partial charge in [-0.1, -0.05) is 90.7 Å². The predicted octanol–water partition coefficient (Wildman–Crippen LogP) is 6.86. The maximum Gasteiger partial charge on any atom is 0.264 e. The number of aryl methyl sites for hydroxylation is 2. The largest absolute Gasteiger partial charge is 0.495 e. The van der Waals surface area contributed by atoms with Gasteiger partial charge < -0.3 is 15.0 Å². The van der Waals surface area contributed by atoms with Crippen molar-refractivity contribution in [2.45, 2.75) is 69.5 Å². The van der Waals surface area contributed by atoms with Gasteiger partial charge in [-0.3, -0.25) is 13.9 Å². The monoisotopic (exact) mass is 687 g/mol. The summed E-state index contributed by atoms with van der Waals surface area (Å²) in [7, 11) is -2.80. The molecule has 4 aromatic carbocycles. The molecule has 1 saturated carbocycles. The molecule has 0 radical (unpaired) electrons. The molecule has 4 aromatic rings. The molecule has 0 spiro atoms. The highest BCUT2D eigenvalue weighted by molar-refractivity contribution is 7.92. The summed E-state index contributed by atoms with van der Waals surface area (Å²) in [5.74, 6) is -0.506. The minimum absolute atomic E-state index is 0.0261. The van der Waals surface area contributed by atoms with Crippen LogP contribution in [0.2, 0.25) is 5.02 Å². The summed E-state index contributed by atoms with van der Waals surface area (Å²) in [4.78, 5) is 30.5. The fourth-order valence-corrected chi connectivity index (χ4v) is 7.60. The molecular weight excluding hydrogens is 646 g/mol. The van der Waals surface area contributed by atoms with Crippen LogP contribution in [0.5, 0.6) is 5.75 Å². The Morgan fingerprint density at radius 3 is 2.17 bits per heavy atom. The van der Waals surface area contributed by atoms with Crippen LogP contribution in [-0.2, 0) is 32.6 Å². The van der Waals surface area contributed by atoms with Crippen molar-refractivity contribution in [3.63, 3.8) is 0 Å². The topological polar surface area (TPSA) is 96.0 Å². The van der Waals surface area contributed by atoms with Crippen molar-refractivity contribution < 1.29 is 22.7 Å². The predicted molar refractivity (Wildman–Crippen MR) is 190 cm³/mol. The number of amides is 2. The lowest BCUT2D eigenvalue weighted by atomic mass is 10.0. The Balaban J connectivity index is 1.60. The third-order valence-electron chi connectivity index (χ3n) is 8.73. The first-order valence-electron chi connectivity index (χ1n) is 16.2. The third kappa shape index (κ3) is 8.57. The Morgan fingerprint density at radius 2 is 1.52 bits per heavy atom. The van der Waals surface area contributed by atoms with Gasteiger partial charge in [-0.25, -0.2) is 8.42 Å². The molecule has 1 unspecified atom stereocenters. The average Bonchev–Trinajstić information content (AvgIpc) is 3.59. The number of hydrogen-bond acceptors (Lipinski definition) is 5. The van der Waals surface area contributed by atoms with Crippen LogP contribution in [0.15, 0.2) is 102 Å². The van der Waals surface area contributed by atoms with Gasteiger partial charge in [0.1, 0.15) is 18.3 Å². The molecule has 2 amide bonds. The number of benzene rings is 4. The van der Waals surface area contributed by atoms with Crippen LogP contribution in [-0.4, -0.2) is 50.9 Å². The first-order valence-corrected chi connectivity index (χ1v) is 18.0. The second-order valence-corrected chi connectivity index (χ2v) is 14.6. The molecule has 1 aliphatic rings. The third-order valence-corrected chi connectivity index (χ3v) is 10.8. The Labute approximate surface area is 288 Å². The number of halogens is 1. The second kappa shape index (κ2) is 15.7. The van der Waals surface area contributed by atoms with Crippen LogP contribution in [0.3, 0.4) is 0 Å². The Bertz CT molecular complexity index is 1810. The van der Waals surface area contributed by atoms with Crippen LogP contribution in [0.1, 0.15) is 47.9 Å². The van der Waals surface area contributed by atoms with E-state index in [1.54, 1.807) is 36.4 Å². The molecule has 0 saturated heterocycles. The lowest BCUT2D eigenvalue weighted by molar-refractivity contribution is -0.140. The van der Waals surface area contributed by atoms with Gasteiger partial charge in [0.05, 0.1) is 17.7 Å². The Hall–Kier alpha value is -4.34. The summed E-state index contributed by atoms with van der Waals surface area (Å²) >= 11 is 6.19. The van der Waals surface area contributed by atoms with Crippen LogP contribution >= 0.6 is 11.6 Å². The summed E-state index contributed by atoms with van der Waals surface area (Å²) in [5.41, 5.74) is 3.55. The van der Waals surface area contributed by atoms with Gasteiger partial charge in [-0.2, -0.15) is 0 Å². The van der Waals surface area contributed by atoms with Gasteiger partial charge in [0.25, 0.3) is 10.0 Å². The average molecular weight is 688 g/mol. The number of rotatable bonds is 13. The lowest BCUT2D eigenvalue weighted by Crippen LogP contribution is -2.54. The van der Waals surface area contributed by atoms with Crippen LogP contribution in [0.25, 0.3) is 0 Å². The van der Waals surface area contributed by atoms with Crippen molar-refractivity contribution in [2.75, 3.05) is 18.0 Å². The molecule has 0 bridgehead atoms. The number of carbonyl (C=O) groups excluding carboxylic acids is 2. The molecule has 8 nitrogen and oxygen atoms in total. The fourth-order valence-electron chi connectivity index (χ4n) is 6.05. The normalized spacial score (nSPS) is 13.9. The summed E-state index contributed by atoms with van der Waals surface area (Å²) in [5, 5.41) is 3.74. The minimum Gasteiger partial charge on any atom is -0.495 e. The first kappa shape index (κ1) is 35.0. The van der Waals surface area contributed by atoms with Crippen LogP contribution < -0.4 is 14.4 Å². The minimum atomic E-state index is -4.26. The standard InChI is InChI=1S/C38H42ClN3O5S/c1-27-13-20-33(21-14-27)48(45,46)42(34-23-28(2)15-22-36(34)47-3)26-37(43)41(25-30-16-18-31(39)19-17-30)35(24-29-9-5-4-6-10-29)38(44)40-32-11-7-8-12-32/h4-6,9-10,13-23,32,35H,7-8,11-12,24-26H2,1-3H3,(H,40,44). The molecule has 252 valence electrons.